The van der Waals surface area contributed by atoms with E-state index in [1.54, 1.807) is 30.3 Å². The topological polar surface area (TPSA) is 36.1 Å². The first kappa shape index (κ1) is 12.1. The van der Waals surface area contributed by atoms with Gasteiger partial charge in [0.05, 0.1) is 5.69 Å². The Morgan fingerprint density at radius 1 is 1.44 bits per heavy atom. The van der Waals surface area contributed by atoms with Gasteiger partial charge in [-0.15, -0.1) is 6.58 Å². The van der Waals surface area contributed by atoms with Gasteiger partial charge in [0.2, 0.25) is 0 Å². The van der Waals surface area contributed by atoms with Gasteiger partial charge in [0.1, 0.15) is 6.07 Å². The normalized spacial score (nSPS) is 11.9. The second-order valence-corrected chi connectivity index (χ2v) is 3.11. The molecule has 0 heterocycles. The molecule has 0 fully saturated rings. The number of benzene rings is 1. The number of alkyl halides is 2. The molecule has 0 spiro atoms. The van der Waals surface area contributed by atoms with Crippen molar-refractivity contribution < 1.29 is 8.78 Å². The lowest BCUT2D eigenvalue weighted by molar-refractivity contribution is 0.0834. The fourth-order valence-electron chi connectivity index (χ4n) is 1.10. The van der Waals surface area contributed by atoms with Gasteiger partial charge in [-0.25, -0.2) is 4.99 Å². The molecule has 4 heteroatoms. The Balaban J connectivity index is 3.04. The van der Waals surface area contributed by atoms with E-state index in [9.17, 15) is 8.78 Å². The van der Waals surface area contributed by atoms with E-state index in [0.717, 1.165) is 6.08 Å². The Bertz CT molecular complexity index is 430. The summed E-state index contributed by atoms with van der Waals surface area (Å²) in [6, 6.07) is 9.62. The van der Waals surface area contributed by atoms with Crippen molar-refractivity contribution in [1.29, 1.82) is 5.26 Å². The van der Waals surface area contributed by atoms with Crippen LogP contribution in [0.4, 0.5) is 14.5 Å². The number of rotatable bonds is 4. The molecule has 0 atom stereocenters. The molecule has 82 valence electrons. The van der Waals surface area contributed by atoms with Crippen LogP contribution in [0, 0.1) is 11.3 Å². The number of para-hydroxylation sites is 1. The lowest BCUT2D eigenvalue weighted by Crippen LogP contribution is -2.26. The predicted octanol–water partition coefficient (Wildman–Crippen LogP) is 3.49. The Morgan fingerprint density at radius 3 is 2.56 bits per heavy atom. The van der Waals surface area contributed by atoms with Gasteiger partial charge in [-0.2, -0.15) is 14.0 Å². The van der Waals surface area contributed by atoms with Gasteiger partial charge < -0.3 is 0 Å². The van der Waals surface area contributed by atoms with Crippen molar-refractivity contribution in [2.75, 3.05) is 0 Å². The van der Waals surface area contributed by atoms with Crippen LogP contribution in [0.25, 0.3) is 0 Å². The molecule has 0 N–H and O–H groups in total. The van der Waals surface area contributed by atoms with E-state index in [1.807, 2.05) is 0 Å². The molecule has 0 radical (unpaired) electrons. The van der Waals surface area contributed by atoms with E-state index in [-0.39, 0.29) is 0 Å². The zero-order valence-corrected chi connectivity index (χ0v) is 8.53. The summed E-state index contributed by atoms with van der Waals surface area (Å²) < 4.78 is 26.7. The quantitative estimate of drug-likeness (QED) is 0.565. The molecule has 0 aromatic heterocycles. The van der Waals surface area contributed by atoms with Crippen LogP contribution in [-0.2, 0) is 0 Å². The van der Waals surface area contributed by atoms with Crippen molar-refractivity contribution in [1.82, 2.24) is 0 Å². The largest absolute Gasteiger partial charge is 0.302 e. The molecule has 16 heavy (non-hydrogen) atoms. The summed E-state index contributed by atoms with van der Waals surface area (Å²) >= 11 is 0. The SMILES string of the molecule is C=CCC(F)(F)/C(C#N)=N/c1ccccc1. The molecule has 0 aliphatic rings. The summed E-state index contributed by atoms with van der Waals surface area (Å²) in [7, 11) is 0. The minimum Gasteiger partial charge on any atom is -0.236 e. The van der Waals surface area contributed by atoms with E-state index in [4.69, 9.17) is 5.26 Å². The summed E-state index contributed by atoms with van der Waals surface area (Å²) in [5.41, 5.74) is -0.457. The maximum absolute atomic E-state index is 13.3. The lowest BCUT2D eigenvalue weighted by Gasteiger charge is -2.11. The molecule has 0 amide bonds. The van der Waals surface area contributed by atoms with Gasteiger partial charge in [-0.05, 0) is 12.1 Å². The standard InChI is InChI=1S/C12H10F2N2/c1-2-8-12(13,14)11(9-15)16-10-6-4-3-5-7-10/h2-7H,1,8H2/b16-11+. The first-order valence-corrected chi connectivity index (χ1v) is 4.63. The number of halogens is 2. The van der Waals surface area contributed by atoms with Gasteiger partial charge in [0, 0.05) is 6.42 Å². The highest BCUT2D eigenvalue weighted by Gasteiger charge is 2.34. The second-order valence-electron chi connectivity index (χ2n) is 3.11. The molecule has 1 rings (SSSR count). The zero-order chi connectivity index (χ0) is 12.0. The van der Waals surface area contributed by atoms with Gasteiger partial charge in [-0.1, -0.05) is 24.3 Å². The molecular formula is C12H10F2N2. The average Bonchev–Trinajstić information content (AvgIpc) is 2.27. The van der Waals surface area contributed by atoms with E-state index in [2.05, 4.69) is 11.6 Å². The summed E-state index contributed by atoms with van der Waals surface area (Å²) in [5, 5.41) is 8.65. The van der Waals surface area contributed by atoms with Crippen molar-refractivity contribution in [3.8, 4) is 6.07 Å². The van der Waals surface area contributed by atoms with Crippen LogP contribution < -0.4 is 0 Å². The number of hydrogen-bond donors (Lipinski definition) is 0. The summed E-state index contributed by atoms with van der Waals surface area (Å²) in [5.74, 6) is -3.26. The molecule has 0 unspecified atom stereocenters. The Labute approximate surface area is 92.6 Å². The fourth-order valence-corrected chi connectivity index (χ4v) is 1.10. The number of nitriles is 1. The highest BCUT2D eigenvalue weighted by Crippen LogP contribution is 2.23. The van der Waals surface area contributed by atoms with Crippen LogP contribution >= 0.6 is 0 Å². The molecule has 0 saturated carbocycles. The van der Waals surface area contributed by atoms with E-state index >= 15 is 0 Å². The van der Waals surface area contributed by atoms with E-state index in [0.29, 0.717) is 5.69 Å². The highest BCUT2D eigenvalue weighted by molar-refractivity contribution is 6.05. The summed E-state index contributed by atoms with van der Waals surface area (Å²) in [4.78, 5) is 3.63. The predicted molar refractivity (Wildman–Crippen MR) is 58.9 cm³/mol. The number of aliphatic imine (C=N–C) groups is 1. The van der Waals surface area contributed by atoms with Gasteiger partial charge in [0.25, 0.3) is 0 Å². The first-order valence-electron chi connectivity index (χ1n) is 4.63. The Hall–Kier alpha value is -2.02. The van der Waals surface area contributed by atoms with Crippen LogP contribution in [0.3, 0.4) is 0 Å². The fraction of sp³-hybridized carbons (Fsp3) is 0.167. The lowest BCUT2D eigenvalue weighted by atomic mass is 10.1. The highest BCUT2D eigenvalue weighted by atomic mass is 19.3. The summed E-state index contributed by atoms with van der Waals surface area (Å²) in [6.07, 6.45) is 0.476. The maximum Gasteiger partial charge on any atom is 0.302 e. The van der Waals surface area contributed by atoms with E-state index in [1.165, 1.54) is 6.07 Å². The van der Waals surface area contributed by atoms with Crippen molar-refractivity contribution in [3.05, 3.63) is 43.0 Å². The second kappa shape index (κ2) is 5.17. The van der Waals surface area contributed by atoms with E-state index < -0.39 is 18.1 Å². The molecular weight excluding hydrogens is 210 g/mol. The average molecular weight is 220 g/mol. The van der Waals surface area contributed by atoms with Crippen LogP contribution in [0.15, 0.2) is 48.0 Å². The molecule has 1 aromatic carbocycles. The van der Waals surface area contributed by atoms with Crippen LogP contribution in [0.2, 0.25) is 0 Å². The Morgan fingerprint density at radius 2 is 2.06 bits per heavy atom. The molecule has 0 bridgehead atoms. The van der Waals surface area contributed by atoms with Crippen molar-refractivity contribution in [3.63, 3.8) is 0 Å². The molecule has 0 saturated heterocycles. The van der Waals surface area contributed by atoms with Crippen LogP contribution in [0.5, 0.6) is 0 Å². The molecule has 0 aliphatic carbocycles. The number of hydrogen-bond acceptors (Lipinski definition) is 2. The van der Waals surface area contributed by atoms with Crippen molar-refractivity contribution in [2.45, 2.75) is 12.3 Å². The monoisotopic (exact) mass is 220 g/mol. The minimum absolute atomic E-state index is 0.336. The minimum atomic E-state index is -3.26. The van der Waals surface area contributed by atoms with Gasteiger partial charge in [-0.3, -0.25) is 0 Å². The van der Waals surface area contributed by atoms with Gasteiger partial charge in [0.15, 0.2) is 5.71 Å². The molecule has 2 nitrogen and oxygen atoms in total. The van der Waals surface area contributed by atoms with Crippen molar-refractivity contribution in [2.24, 2.45) is 4.99 Å². The third-order valence-electron chi connectivity index (χ3n) is 1.85. The first-order chi connectivity index (χ1) is 7.60. The van der Waals surface area contributed by atoms with Crippen LogP contribution in [-0.4, -0.2) is 11.6 Å². The molecule has 0 aliphatic heterocycles. The zero-order valence-electron chi connectivity index (χ0n) is 8.53. The number of allylic oxidation sites excluding steroid dienone is 1. The van der Waals surface area contributed by atoms with Crippen molar-refractivity contribution >= 4 is 11.4 Å². The van der Waals surface area contributed by atoms with Gasteiger partial charge >= 0.3 is 5.92 Å². The molecule has 1 aromatic rings. The maximum atomic E-state index is 13.3. The summed E-state index contributed by atoms with van der Waals surface area (Å²) in [6.45, 7) is 3.23. The third kappa shape index (κ3) is 2.99. The Kier molecular flexibility index (Phi) is 3.90. The smallest absolute Gasteiger partial charge is 0.236 e. The van der Waals surface area contributed by atoms with Crippen LogP contribution in [0.1, 0.15) is 6.42 Å². The number of nitrogens with zero attached hydrogens (tertiary/aromatic N) is 2. The third-order valence-corrected chi connectivity index (χ3v) is 1.85.